The van der Waals surface area contributed by atoms with Crippen molar-refractivity contribution in [2.24, 2.45) is 0 Å². The molecule has 0 radical (unpaired) electrons. The van der Waals surface area contributed by atoms with E-state index in [9.17, 15) is 4.79 Å². The zero-order valence-corrected chi connectivity index (χ0v) is 15.0. The fourth-order valence-corrected chi connectivity index (χ4v) is 3.02. The van der Waals surface area contributed by atoms with Crippen molar-refractivity contribution in [3.05, 3.63) is 60.4 Å². The molecule has 1 N–H and O–H groups in total. The standard InChI is InChI=1S/C19H20N6O2/c1-14-4-5-20-16(11-14)23-17-12-18(22-13-21-17)24-6-8-25(9-7-24)19(26)15-3-2-10-27-15/h2-5,10-13H,6-9H2,1H3,(H,20,21,22,23). The highest BCUT2D eigenvalue weighted by Crippen LogP contribution is 2.19. The molecule has 3 aromatic heterocycles. The Hall–Kier alpha value is -3.42. The van der Waals surface area contributed by atoms with Gasteiger partial charge in [-0.05, 0) is 36.8 Å². The van der Waals surface area contributed by atoms with Crippen molar-refractivity contribution in [3.63, 3.8) is 0 Å². The first-order valence-electron chi connectivity index (χ1n) is 8.78. The SMILES string of the molecule is Cc1ccnc(Nc2cc(N3CCN(C(=O)c4ccco4)CC3)ncn2)c1. The molecule has 4 heterocycles. The number of carbonyl (C=O) groups is 1. The number of pyridine rings is 1. The summed E-state index contributed by atoms with van der Waals surface area (Å²) in [7, 11) is 0. The van der Waals surface area contributed by atoms with E-state index in [0.29, 0.717) is 37.8 Å². The largest absolute Gasteiger partial charge is 0.459 e. The third kappa shape index (κ3) is 3.89. The molecule has 0 unspecified atom stereocenters. The van der Waals surface area contributed by atoms with E-state index in [2.05, 4.69) is 25.2 Å². The Morgan fingerprint density at radius 1 is 1.07 bits per heavy atom. The van der Waals surface area contributed by atoms with Crippen molar-refractivity contribution in [3.8, 4) is 0 Å². The summed E-state index contributed by atoms with van der Waals surface area (Å²) in [5, 5.41) is 3.20. The molecular weight excluding hydrogens is 344 g/mol. The van der Waals surface area contributed by atoms with Gasteiger partial charge in [0.15, 0.2) is 5.76 Å². The Labute approximate surface area is 156 Å². The van der Waals surface area contributed by atoms with E-state index < -0.39 is 0 Å². The van der Waals surface area contributed by atoms with Crippen LogP contribution in [0.4, 0.5) is 17.5 Å². The van der Waals surface area contributed by atoms with Gasteiger partial charge in [-0.25, -0.2) is 15.0 Å². The first-order chi connectivity index (χ1) is 13.2. The summed E-state index contributed by atoms with van der Waals surface area (Å²) < 4.78 is 5.20. The molecule has 8 heteroatoms. The molecule has 0 saturated carbocycles. The number of hydrogen-bond acceptors (Lipinski definition) is 7. The van der Waals surface area contributed by atoms with Crippen molar-refractivity contribution in [2.75, 3.05) is 36.4 Å². The zero-order chi connectivity index (χ0) is 18.6. The number of aromatic nitrogens is 3. The van der Waals surface area contributed by atoms with E-state index in [1.165, 1.54) is 12.6 Å². The summed E-state index contributed by atoms with van der Waals surface area (Å²) in [5.74, 6) is 2.56. The number of carbonyl (C=O) groups excluding carboxylic acids is 1. The number of rotatable bonds is 4. The molecule has 0 atom stereocenters. The average molecular weight is 364 g/mol. The van der Waals surface area contributed by atoms with Gasteiger partial charge in [0, 0.05) is 38.4 Å². The summed E-state index contributed by atoms with van der Waals surface area (Å²) >= 11 is 0. The highest BCUT2D eigenvalue weighted by atomic mass is 16.3. The van der Waals surface area contributed by atoms with Crippen LogP contribution < -0.4 is 10.2 Å². The number of piperazine rings is 1. The van der Waals surface area contributed by atoms with Crippen LogP contribution in [0.1, 0.15) is 16.1 Å². The quantitative estimate of drug-likeness (QED) is 0.761. The number of aryl methyl sites for hydroxylation is 1. The molecule has 3 aromatic rings. The van der Waals surface area contributed by atoms with Crippen LogP contribution in [0, 0.1) is 6.92 Å². The third-order valence-electron chi connectivity index (χ3n) is 4.45. The van der Waals surface area contributed by atoms with E-state index in [-0.39, 0.29) is 5.91 Å². The van der Waals surface area contributed by atoms with Crippen LogP contribution in [-0.4, -0.2) is 51.9 Å². The van der Waals surface area contributed by atoms with E-state index in [1.54, 1.807) is 23.2 Å². The third-order valence-corrected chi connectivity index (χ3v) is 4.45. The second-order valence-corrected chi connectivity index (χ2v) is 6.36. The molecule has 0 spiro atoms. The molecule has 1 aliphatic heterocycles. The van der Waals surface area contributed by atoms with Crippen LogP contribution in [0.3, 0.4) is 0 Å². The van der Waals surface area contributed by atoms with E-state index in [0.717, 1.165) is 17.2 Å². The Kier molecular flexibility index (Phi) is 4.69. The van der Waals surface area contributed by atoms with Crippen LogP contribution in [-0.2, 0) is 0 Å². The van der Waals surface area contributed by atoms with Crippen LogP contribution >= 0.6 is 0 Å². The lowest BCUT2D eigenvalue weighted by Gasteiger charge is -2.35. The van der Waals surface area contributed by atoms with Gasteiger partial charge in [-0.1, -0.05) is 0 Å². The highest BCUT2D eigenvalue weighted by molar-refractivity contribution is 5.91. The van der Waals surface area contributed by atoms with Crippen molar-refractivity contribution in [1.82, 2.24) is 19.9 Å². The Bertz CT molecular complexity index is 919. The molecular formula is C19H20N6O2. The number of nitrogens with zero attached hydrogens (tertiary/aromatic N) is 5. The molecule has 138 valence electrons. The Balaban J connectivity index is 1.40. The Morgan fingerprint density at radius 2 is 1.89 bits per heavy atom. The number of nitrogens with one attached hydrogen (secondary N) is 1. The van der Waals surface area contributed by atoms with Crippen molar-refractivity contribution < 1.29 is 9.21 Å². The van der Waals surface area contributed by atoms with E-state index in [4.69, 9.17) is 4.42 Å². The van der Waals surface area contributed by atoms with Crippen LogP contribution in [0.15, 0.2) is 53.5 Å². The van der Waals surface area contributed by atoms with Crippen LogP contribution in [0.25, 0.3) is 0 Å². The molecule has 0 aliphatic carbocycles. The minimum atomic E-state index is -0.0739. The predicted molar refractivity (Wildman–Crippen MR) is 101 cm³/mol. The molecule has 1 amide bonds. The van der Waals surface area contributed by atoms with Gasteiger partial charge in [0.2, 0.25) is 0 Å². The predicted octanol–water partition coefficient (Wildman–Crippen LogP) is 2.48. The number of hydrogen-bond donors (Lipinski definition) is 1. The minimum absolute atomic E-state index is 0.0739. The minimum Gasteiger partial charge on any atom is -0.459 e. The summed E-state index contributed by atoms with van der Waals surface area (Å²) in [6.45, 7) is 4.65. The Morgan fingerprint density at radius 3 is 2.63 bits per heavy atom. The summed E-state index contributed by atoms with van der Waals surface area (Å²) in [5.41, 5.74) is 1.12. The fraction of sp³-hybridized carbons (Fsp3) is 0.263. The first-order valence-corrected chi connectivity index (χ1v) is 8.78. The number of amides is 1. The normalized spacial score (nSPS) is 14.3. The van der Waals surface area contributed by atoms with Crippen LogP contribution in [0.2, 0.25) is 0 Å². The lowest BCUT2D eigenvalue weighted by Crippen LogP contribution is -2.49. The maximum Gasteiger partial charge on any atom is 0.289 e. The van der Waals surface area contributed by atoms with Crippen molar-refractivity contribution in [1.29, 1.82) is 0 Å². The number of furan rings is 1. The van der Waals surface area contributed by atoms with Gasteiger partial charge < -0.3 is 19.5 Å². The molecule has 4 rings (SSSR count). The van der Waals surface area contributed by atoms with Crippen LogP contribution in [0.5, 0.6) is 0 Å². The lowest BCUT2D eigenvalue weighted by molar-refractivity contribution is 0.0714. The lowest BCUT2D eigenvalue weighted by atomic mass is 10.2. The topological polar surface area (TPSA) is 87.4 Å². The number of anilines is 3. The second kappa shape index (κ2) is 7.45. The molecule has 8 nitrogen and oxygen atoms in total. The second-order valence-electron chi connectivity index (χ2n) is 6.36. The summed E-state index contributed by atoms with van der Waals surface area (Å²) in [4.78, 5) is 29.2. The smallest absolute Gasteiger partial charge is 0.289 e. The maximum absolute atomic E-state index is 12.4. The zero-order valence-electron chi connectivity index (χ0n) is 15.0. The average Bonchev–Trinajstić information content (AvgIpc) is 3.23. The van der Waals surface area contributed by atoms with E-state index in [1.807, 2.05) is 25.1 Å². The van der Waals surface area contributed by atoms with Crippen molar-refractivity contribution in [2.45, 2.75) is 6.92 Å². The fourth-order valence-electron chi connectivity index (χ4n) is 3.02. The molecule has 1 aliphatic rings. The monoisotopic (exact) mass is 364 g/mol. The van der Waals surface area contributed by atoms with Gasteiger partial charge in [-0.3, -0.25) is 4.79 Å². The van der Waals surface area contributed by atoms with Gasteiger partial charge in [-0.15, -0.1) is 0 Å². The molecule has 27 heavy (non-hydrogen) atoms. The van der Waals surface area contributed by atoms with Gasteiger partial charge in [-0.2, -0.15) is 0 Å². The maximum atomic E-state index is 12.4. The highest BCUT2D eigenvalue weighted by Gasteiger charge is 2.24. The van der Waals surface area contributed by atoms with Crippen molar-refractivity contribution >= 4 is 23.4 Å². The van der Waals surface area contributed by atoms with Gasteiger partial charge in [0.05, 0.1) is 6.26 Å². The molecule has 0 aromatic carbocycles. The molecule has 0 bridgehead atoms. The molecule has 1 fully saturated rings. The van der Waals surface area contributed by atoms with E-state index >= 15 is 0 Å². The van der Waals surface area contributed by atoms with Gasteiger partial charge in [0.1, 0.15) is 23.8 Å². The summed E-state index contributed by atoms with van der Waals surface area (Å²) in [6, 6.07) is 9.22. The van der Waals surface area contributed by atoms with Gasteiger partial charge in [0.25, 0.3) is 5.91 Å². The molecule has 1 saturated heterocycles. The first kappa shape index (κ1) is 17.0. The van der Waals surface area contributed by atoms with Gasteiger partial charge >= 0.3 is 0 Å². The summed E-state index contributed by atoms with van der Waals surface area (Å²) in [6.07, 6.45) is 4.81.